The molecule has 3 aromatic heterocycles. The van der Waals surface area contributed by atoms with E-state index in [1.807, 2.05) is 11.3 Å². The van der Waals surface area contributed by atoms with E-state index in [9.17, 15) is 0 Å². The van der Waals surface area contributed by atoms with Crippen LogP contribution in [0.5, 0.6) is 0 Å². The average molecular weight is 704 g/mol. The van der Waals surface area contributed by atoms with E-state index in [-0.39, 0.29) is 0 Å². The van der Waals surface area contributed by atoms with Gasteiger partial charge in [-0.05, 0) is 63.0 Å². The van der Waals surface area contributed by atoms with Crippen LogP contribution in [0.15, 0.2) is 176 Å². The van der Waals surface area contributed by atoms with Crippen LogP contribution in [0.25, 0.3) is 114 Å². The summed E-state index contributed by atoms with van der Waals surface area (Å²) in [6.07, 6.45) is 0. The zero-order chi connectivity index (χ0) is 35.3. The predicted molar refractivity (Wildman–Crippen MR) is 230 cm³/mol. The summed E-state index contributed by atoms with van der Waals surface area (Å²) in [6.45, 7) is 0. The summed E-state index contributed by atoms with van der Waals surface area (Å²) in [4.78, 5) is 11.0. The number of aromatic nitrogens is 3. The summed E-state index contributed by atoms with van der Waals surface area (Å²) < 4.78 is 4.90. The number of benzene rings is 9. The SMILES string of the molecule is c1ccc2c(-c3ccc(-c4nc(-n5c6ccccc6c6cc7ccc8c9ccccc9sc8c7cc65)nc5c4ccc4ccccc45)cc3)cccc2c1. The number of thiophene rings is 1. The molecule has 0 saturated heterocycles. The van der Waals surface area contributed by atoms with Crippen LogP contribution in [0, 0.1) is 0 Å². The first-order valence-corrected chi connectivity index (χ1v) is 19.1. The minimum absolute atomic E-state index is 0.668. The zero-order valence-electron chi connectivity index (χ0n) is 29.0. The Kier molecular flexibility index (Phi) is 6.21. The minimum atomic E-state index is 0.668. The molecule has 0 atom stereocenters. The molecule has 0 aliphatic heterocycles. The van der Waals surface area contributed by atoms with Gasteiger partial charge < -0.3 is 0 Å². The van der Waals surface area contributed by atoms with Crippen molar-refractivity contribution in [3.05, 3.63) is 176 Å². The van der Waals surface area contributed by atoms with Gasteiger partial charge in [-0.25, -0.2) is 9.97 Å². The number of fused-ring (bicyclic) bond motifs is 12. The molecule has 250 valence electrons. The summed E-state index contributed by atoms with van der Waals surface area (Å²) in [5.41, 5.74) is 7.53. The second-order valence-corrected chi connectivity index (χ2v) is 15.2. The molecule has 0 aliphatic rings. The van der Waals surface area contributed by atoms with Crippen LogP contribution in [0.1, 0.15) is 0 Å². The second kappa shape index (κ2) is 11.3. The van der Waals surface area contributed by atoms with Gasteiger partial charge in [0.1, 0.15) is 0 Å². The van der Waals surface area contributed by atoms with Crippen LogP contribution in [-0.4, -0.2) is 14.5 Å². The Hall–Kier alpha value is -6.88. The van der Waals surface area contributed by atoms with Crippen molar-refractivity contribution in [2.45, 2.75) is 0 Å². The first-order chi connectivity index (χ1) is 26.8. The molecule has 3 heterocycles. The fourth-order valence-electron chi connectivity index (χ4n) is 8.64. The van der Waals surface area contributed by atoms with Crippen molar-refractivity contribution >= 4 is 96.5 Å². The van der Waals surface area contributed by atoms with Gasteiger partial charge in [-0.15, -0.1) is 11.3 Å². The third-order valence-electron chi connectivity index (χ3n) is 11.2. The Balaban J connectivity index is 1.14. The highest BCUT2D eigenvalue weighted by molar-refractivity contribution is 7.26. The molecular weight excluding hydrogens is 675 g/mol. The quantitative estimate of drug-likeness (QED) is 0.172. The van der Waals surface area contributed by atoms with Gasteiger partial charge in [0.25, 0.3) is 0 Å². The maximum atomic E-state index is 5.50. The van der Waals surface area contributed by atoms with Crippen LogP contribution >= 0.6 is 11.3 Å². The van der Waals surface area contributed by atoms with E-state index in [2.05, 4.69) is 180 Å². The molecule has 54 heavy (non-hydrogen) atoms. The van der Waals surface area contributed by atoms with Gasteiger partial charge in [-0.3, -0.25) is 4.57 Å². The van der Waals surface area contributed by atoms with E-state index < -0.39 is 0 Å². The van der Waals surface area contributed by atoms with Crippen molar-refractivity contribution < 1.29 is 0 Å². The van der Waals surface area contributed by atoms with E-state index >= 15 is 0 Å². The first-order valence-electron chi connectivity index (χ1n) is 18.3. The highest BCUT2D eigenvalue weighted by atomic mass is 32.1. The molecule has 9 aromatic carbocycles. The van der Waals surface area contributed by atoms with Crippen LogP contribution < -0.4 is 0 Å². The normalized spacial score (nSPS) is 12.1. The van der Waals surface area contributed by atoms with Crippen LogP contribution in [0.2, 0.25) is 0 Å². The number of hydrogen-bond donors (Lipinski definition) is 0. The third kappa shape index (κ3) is 4.29. The second-order valence-electron chi connectivity index (χ2n) is 14.1. The number of nitrogens with zero attached hydrogens (tertiary/aromatic N) is 3. The van der Waals surface area contributed by atoms with Gasteiger partial charge in [0, 0.05) is 52.7 Å². The predicted octanol–water partition coefficient (Wildman–Crippen LogP) is 13.9. The van der Waals surface area contributed by atoms with Gasteiger partial charge in [0.2, 0.25) is 5.95 Å². The smallest absolute Gasteiger partial charge is 0.235 e. The molecule has 0 spiro atoms. The average Bonchev–Trinajstić information content (AvgIpc) is 3.78. The Morgan fingerprint density at radius 2 is 1.06 bits per heavy atom. The Morgan fingerprint density at radius 1 is 0.389 bits per heavy atom. The molecule has 0 unspecified atom stereocenters. The lowest BCUT2D eigenvalue weighted by Gasteiger charge is -2.14. The van der Waals surface area contributed by atoms with E-state index in [4.69, 9.17) is 9.97 Å². The summed E-state index contributed by atoms with van der Waals surface area (Å²) in [7, 11) is 0. The summed E-state index contributed by atoms with van der Waals surface area (Å²) >= 11 is 1.87. The first kappa shape index (κ1) is 29.7. The summed E-state index contributed by atoms with van der Waals surface area (Å²) in [5.74, 6) is 0.668. The Labute approximate surface area is 314 Å². The number of hydrogen-bond acceptors (Lipinski definition) is 3. The lowest BCUT2D eigenvalue weighted by Crippen LogP contribution is -2.04. The van der Waals surface area contributed by atoms with Gasteiger partial charge in [-0.2, -0.15) is 0 Å². The largest absolute Gasteiger partial charge is 0.278 e. The lowest BCUT2D eigenvalue weighted by atomic mass is 9.96. The van der Waals surface area contributed by atoms with Gasteiger partial charge in [0.05, 0.1) is 22.2 Å². The molecule has 12 aromatic rings. The topological polar surface area (TPSA) is 30.7 Å². The highest BCUT2D eigenvalue weighted by Gasteiger charge is 2.20. The minimum Gasteiger partial charge on any atom is -0.278 e. The maximum absolute atomic E-state index is 5.50. The van der Waals surface area contributed by atoms with E-state index in [0.717, 1.165) is 44.0 Å². The molecular formula is C50H29N3S. The standard InChI is InChI=1S/C50H29N3S/c1-3-13-35-30(10-1)12-9-17-36(35)32-20-22-33(23-21-32)47-41-27-24-31-11-2-4-14-37(31)48(41)52-50(51-47)53-44-18-7-5-15-38(44)43-28-34-25-26-40-39-16-6-8-19-46(39)54-49(40)42(34)29-45(43)53/h1-29H. The summed E-state index contributed by atoms with van der Waals surface area (Å²) in [5, 5.41) is 13.3. The molecule has 0 saturated carbocycles. The van der Waals surface area contributed by atoms with Crippen molar-refractivity contribution in [3.8, 4) is 28.3 Å². The Bertz CT molecular complexity index is 3490. The van der Waals surface area contributed by atoms with E-state index in [0.29, 0.717) is 5.95 Å². The van der Waals surface area contributed by atoms with Crippen LogP contribution in [0.4, 0.5) is 0 Å². The number of para-hydroxylation sites is 1. The molecule has 12 rings (SSSR count). The van der Waals surface area contributed by atoms with Crippen molar-refractivity contribution in [1.82, 2.24) is 14.5 Å². The maximum Gasteiger partial charge on any atom is 0.235 e. The van der Waals surface area contributed by atoms with Crippen molar-refractivity contribution in [3.63, 3.8) is 0 Å². The fraction of sp³-hybridized carbons (Fsp3) is 0. The highest BCUT2D eigenvalue weighted by Crippen LogP contribution is 2.42. The third-order valence-corrected chi connectivity index (χ3v) is 12.4. The van der Waals surface area contributed by atoms with Crippen molar-refractivity contribution in [2.75, 3.05) is 0 Å². The monoisotopic (exact) mass is 703 g/mol. The molecule has 0 N–H and O–H groups in total. The van der Waals surface area contributed by atoms with Gasteiger partial charge in [-0.1, -0.05) is 146 Å². The van der Waals surface area contributed by atoms with Gasteiger partial charge in [0.15, 0.2) is 0 Å². The van der Waals surface area contributed by atoms with Gasteiger partial charge >= 0.3 is 0 Å². The molecule has 4 heteroatoms. The Morgan fingerprint density at radius 3 is 1.93 bits per heavy atom. The lowest BCUT2D eigenvalue weighted by molar-refractivity contribution is 1.02. The molecule has 0 amide bonds. The summed E-state index contributed by atoms with van der Waals surface area (Å²) in [6, 6.07) is 63.6. The molecule has 0 bridgehead atoms. The molecule has 0 radical (unpaired) electrons. The number of rotatable bonds is 3. The van der Waals surface area contributed by atoms with Crippen molar-refractivity contribution in [1.29, 1.82) is 0 Å². The molecule has 0 fully saturated rings. The zero-order valence-corrected chi connectivity index (χ0v) is 29.8. The van der Waals surface area contributed by atoms with E-state index in [1.165, 1.54) is 63.6 Å². The fourth-order valence-corrected chi connectivity index (χ4v) is 9.87. The molecule has 0 aliphatic carbocycles. The van der Waals surface area contributed by atoms with E-state index in [1.54, 1.807) is 0 Å². The van der Waals surface area contributed by atoms with Crippen LogP contribution in [0.3, 0.4) is 0 Å². The molecule has 3 nitrogen and oxygen atoms in total. The van der Waals surface area contributed by atoms with Crippen molar-refractivity contribution in [2.24, 2.45) is 0 Å². The van der Waals surface area contributed by atoms with Crippen LogP contribution in [-0.2, 0) is 0 Å².